The van der Waals surface area contributed by atoms with Gasteiger partial charge in [0.2, 0.25) is 0 Å². The van der Waals surface area contributed by atoms with Gasteiger partial charge in [-0.05, 0) is 35.6 Å². The molecule has 0 radical (unpaired) electrons. The van der Waals surface area contributed by atoms with E-state index in [2.05, 4.69) is 35.0 Å². The first-order valence-electron chi connectivity index (χ1n) is 4.05. The van der Waals surface area contributed by atoms with E-state index in [1.165, 1.54) is 21.2 Å². The summed E-state index contributed by atoms with van der Waals surface area (Å²) in [6.07, 6.45) is 0. The topological polar surface area (TPSA) is 26.0 Å². The van der Waals surface area contributed by atoms with Crippen LogP contribution in [0.4, 0.5) is 5.00 Å². The van der Waals surface area contributed by atoms with Crippen molar-refractivity contribution in [1.29, 1.82) is 0 Å². The highest BCUT2D eigenvalue weighted by Gasteiger charge is 2.03. The molecule has 1 aromatic heterocycles. The molecule has 0 aliphatic carbocycles. The van der Waals surface area contributed by atoms with Crippen LogP contribution < -0.4 is 5.73 Å². The third-order valence-electron chi connectivity index (χ3n) is 2.08. The summed E-state index contributed by atoms with van der Waals surface area (Å²) < 4.78 is 1.28. The number of alkyl halides is 1. The van der Waals surface area contributed by atoms with Crippen LogP contribution >= 0.6 is 27.3 Å². The number of hydrogen-bond acceptors (Lipinski definition) is 2. The van der Waals surface area contributed by atoms with Crippen LogP contribution in [0.25, 0.3) is 10.1 Å². The second-order valence-electron chi connectivity index (χ2n) is 3.11. The van der Waals surface area contributed by atoms with Crippen molar-refractivity contribution in [3.63, 3.8) is 0 Å². The maximum Gasteiger partial charge on any atom is 0.0868 e. The molecule has 0 unspecified atom stereocenters. The van der Waals surface area contributed by atoms with Crippen molar-refractivity contribution in [2.75, 3.05) is 5.73 Å². The molecule has 3 heteroatoms. The highest BCUT2D eigenvalue weighted by atomic mass is 79.9. The zero-order valence-corrected chi connectivity index (χ0v) is 9.71. The number of fused-ring (bicyclic) bond motifs is 1. The lowest BCUT2D eigenvalue weighted by atomic mass is 10.1. The van der Waals surface area contributed by atoms with Gasteiger partial charge >= 0.3 is 0 Å². The summed E-state index contributed by atoms with van der Waals surface area (Å²) in [5.41, 5.74) is 8.38. The molecule has 1 aromatic carbocycles. The van der Waals surface area contributed by atoms with Crippen molar-refractivity contribution < 1.29 is 0 Å². The van der Waals surface area contributed by atoms with Crippen LogP contribution in [0.5, 0.6) is 0 Å². The monoisotopic (exact) mass is 255 g/mol. The molecule has 2 aromatic rings. The van der Waals surface area contributed by atoms with Crippen molar-refractivity contribution in [2.24, 2.45) is 0 Å². The lowest BCUT2D eigenvalue weighted by Crippen LogP contribution is -1.79. The van der Waals surface area contributed by atoms with Crippen LogP contribution in [0.15, 0.2) is 18.2 Å². The molecule has 1 nitrogen and oxygen atoms in total. The second-order valence-corrected chi connectivity index (χ2v) is 4.78. The van der Waals surface area contributed by atoms with Crippen LogP contribution in [0, 0.1) is 6.92 Å². The van der Waals surface area contributed by atoms with Gasteiger partial charge in [0.15, 0.2) is 0 Å². The van der Waals surface area contributed by atoms with E-state index in [-0.39, 0.29) is 0 Å². The third kappa shape index (κ3) is 1.58. The Kier molecular flexibility index (Phi) is 2.30. The fourth-order valence-electron chi connectivity index (χ4n) is 1.48. The summed E-state index contributed by atoms with van der Waals surface area (Å²) in [7, 11) is 0. The predicted molar refractivity (Wildman–Crippen MR) is 63.6 cm³/mol. The Morgan fingerprint density at radius 1 is 1.38 bits per heavy atom. The van der Waals surface area contributed by atoms with E-state index in [0.717, 1.165) is 10.3 Å². The molecule has 0 spiro atoms. The number of thiophene rings is 1. The molecular weight excluding hydrogens is 246 g/mol. The summed E-state index contributed by atoms with van der Waals surface area (Å²) in [4.78, 5) is 0. The maximum atomic E-state index is 5.76. The van der Waals surface area contributed by atoms with Gasteiger partial charge in [-0.25, -0.2) is 0 Å². The lowest BCUT2D eigenvalue weighted by Gasteiger charge is -1.99. The van der Waals surface area contributed by atoms with Gasteiger partial charge in [0.05, 0.1) is 5.00 Å². The van der Waals surface area contributed by atoms with Crippen LogP contribution in [-0.4, -0.2) is 0 Å². The van der Waals surface area contributed by atoms with Gasteiger partial charge in [-0.2, -0.15) is 0 Å². The second kappa shape index (κ2) is 3.31. The number of aryl methyl sites for hydroxylation is 1. The van der Waals surface area contributed by atoms with E-state index in [9.17, 15) is 0 Å². The van der Waals surface area contributed by atoms with Crippen molar-refractivity contribution in [2.45, 2.75) is 12.3 Å². The first-order valence-corrected chi connectivity index (χ1v) is 5.99. The fourth-order valence-corrected chi connectivity index (χ4v) is 2.78. The van der Waals surface area contributed by atoms with E-state index < -0.39 is 0 Å². The minimum atomic E-state index is 0.893. The molecular formula is C10H10BrNS. The first kappa shape index (κ1) is 9.03. The number of benzene rings is 1. The molecule has 0 atom stereocenters. The molecule has 1 heterocycles. The molecule has 0 amide bonds. The summed E-state index contributed by atoms with van der Waals surface area (Å²) in [5, 5.41) is 3.08. The Morgan fingerprint density at radius 2 is 2.15 bits per heavy atom. The van der Waals surface area contributed by atoms with Gasteiger partial charge in [0, 0.05) is 10.0 Å². The molecule has 0 saturated heterocycles. The van der Waals surface area contributed by atoms with E-state index >= 15 is 0 Å². The standard InChI is InChI=1S/C10H10BrNS/c1-6-2-7(5-11)3-9-8(6)4-10(12)13-9/h2-4H,5,12H2,1H3. The van der Waals surface area contributed by atoms with Gasteiger partial charge in [-0.15, -0.1) is 11.3 Å². The van der Waals surface area contributed by atoms with E-state index in [1.807, 2.05) is 6.07 Å². The molecule has 2 rings (SSSR count). The summed E-state index contributed by atoms with van der Waals surface area (Å²) in [6.45, 7) is 2.13. The van der Waals surface area contributed by atoms with Gasteiger partial charge in [0.25, 0.3) is 0 Å². The van der Waals surface area contributed by atoms with Crippen LogP contribution in [0.1, 0.15) is 11.1 Å². The van der Waals surface area contributed by atoms with Gasteiger partial charge in [-0.1, -0.05) is 22.0 Å². The molecule has 0 bridgehead atoms. The van der Waals surface area contributed by atoms with Crippen molar-refractivity contribution in [1.82, 2.24) is 0 Å². The van der Waals surface area contributed by atoms with E-state index in [4.69, 9.17) is 5.73 Å². The third-order valence-corrected chi connectivity index (χ3v) is 3.64. The molecule has 0 fully saturated rings. The van der Waals surface area contributed by atoms with Crippen molar-refractivity contribution in [3.05, 3.63) is 29.3 Å². The molecule has 0 aliphatic heterocycles. The highest BCUT2D eigenvalue weighted by molar-refractivity contribution is 9.08. The van der Waals surface area contributed by atoms with E-state index in [0.29, 0.717) is 0 Å². The lowest BCUT2D eigenvalue weighted by molar-refractivity contribution is 1.41. The SMILES string of the molecule is Cc1cc(CBr)cc2sc(N)cc12. The Bertz CT molecular complexity index is 447. The zero-order valence-electron chi connectivity index (χ0n) is 7.30. The van der Waals surface area contributed by atoms with Gasteiger partial charge in [-0.3, -0.25) is 0 Å². The van der Waals surface area contributed by atoms with Crippen LogP contribution in [-0.2, 0) is 5.33 Å². The summed E-state index contributed by atoms with van der Waals surface area (Å²) in [5.74, 6) is 0. The van der Waals surface area contributed by atoms with E-state index in [1.54, 1.807) is 11.3 Å². The number of rotatable bonds is 1. The van der Waals surface area contributed by atoms with Crippen LogP contribution in [0.2, 0.25) is 0 Å². The number of hydrogen-bond donors (Lipinski definition) is 1. The molecule has 2 N–H and O–H groups in total. The Labute approximate surface area is 89.7 Å². The zero-order chi connectivity index (χ0) is 9.42. The summed E-state index contributed by atoms with van der Waals surface area (Å²) >= 11 is 5.11. The predicted octanol–water partition coefficient (Wildman–Crippen LogP) is 3.69. The minimum Gasteiger partial charge on any atom is -0.391 e. The minimum absolute atomic E-state index is 0.893. The largest absolute Gasteiger partial charge is 0.391 e. The Hall–Kier alpha value is -0.540. The molecule has 68 valence electrons. The van der Waals surface area contributed by atoms with Crippen LogP contribution in [0.3, 0.4) is 0 Å². The average Bonchev–Trinajstić information content (AvgIpc) is 2.46. The van der Waals surface area contributed by atoms with Gasteiger partial charge in [0.1, 0.15) is 0 Å². The molecule has 0 aliphatic rings. The number of nitrogen functional groups attached to an aromatic ring is 1. The molecule has 13 heavy (non-hydrogen) atoms. The molecule has 0 saturated carbocycles. The van der Waals surface area contributed by atoms with Gasteiger partial charge < -0.3 is 5.73 Å². The number of anilines is 1. The normalized spacial score (nSPS) is 10.9. The smallest absolute Gasteiger partial charge is 0.0868 e. The van der Waals surface area contributed by atoms with Crippen molar-refractivity contribution in [3.8, 4) is 0 Å². The maximum absolute atomic E-state index is 5.76. The summed E-state index contributed by atoms with van der Waals surface area (Å²) in [6, 6.07) is 6.44. The van der Waals surface area contributed by atoms with Crippen molar-refractivity contribution >= 4 is 42.4 Å². The quantitative estimate of drug-likeness (QED) is 0.774. The number of halogens is 1. The Morgan fingerprint density at radius 3 is 2.85 bits per heavy atom. The number of nitrogens with two attached hydrogens (primary N) is 1. The highest BCUT2D eigenvalue weighted by Crippen LogP contribution is 2.31. The average molecular weight is 256 g/mol. The first-order chi connectivity index (χ1) is 6.20. The Balaban J connectivity index is 2.75. The fraction of sp³-hybridized carbons (Fsp3) is 0.200.